The molecule has 3 aromatic rings. The summed E-state index contributed by atoms with van der Waals surface area (Å²) in [6, 6.07) is 4.24. The van der Waals surface area contributed by atoms with Crippen molar-refractivity contribution in [3.63, 3.8) is 0 Å². The van der Waals surface area contributed by atoms with Crippen LogP contribution in [0.2, 0.25) is 5.02 Å². The number of benzene rings is 1. The minimum Gasteiger partial charge on any atom is -0.392 e. The van der Waals surface area contributed by atoms with E-state index in [-0.39, 0.29) is 40.7 Å². The maximum atomic E-state index is 14.1. The zero-order valence-electron chi connectivity index (χ0n) is 22.9. The second kappa shape index (κ2) is 11.3. The molecule has 3 aliphatic heterocycles. The fourth-order valence-electron chi connectivity index (χ4n) is 6.89. The Hall–Kier alpha value is -3.42. The molecular weight excluding hydrogens is 603 g/mol. The van der Waals surface area contributed by atoms with Crippen molar-refractivity contribution in [1.82, 2.24) is 29.9 Å². The molecule has 14 heteroatoms. The number of piperidine rings is 1. The SMILES string of the molecule is O=C(N[C@H]1CC2=C(c3ccn(C(F)F)n3)[C@H](c3ccc(F)cc3Cl)N=C(c3nccs3)N2C1)N1C[C@H]2CCC[C@@H](C1)[C@@H]2O. The van der Waals surface area contributed by atoms with Crippen LogP contribution in [0, 0.1) is 17.7 Å². The minimum atomic E-state index is -2.83. The van der Waals surface area contributed by atoms with Gasteiger partial charge in [-0.25, -0.2) is 18.9 Å². The molecule has 7 rings (SSSR count). The van der Waals surface area contributed by atoms with E-state index in [2.05, 4.69) is 15.4 Å². The number of amidine groups is 1. The fraction of sp³-hybridized carbons (Fsp3) is 0.448. The Labute approximate surface area is 254 Å². The van der Waals surface area contributed by atoms with E-state index in [0.717, 1.165) is 25.0 Å². The number of thiazole rings is 1. The molecule has 43 heavy (non-hydrogen) atoms. The van der Waals surface area contributed by atoms with Gasteiger partial charge in [0.2, 0.25) is 0 Å². The van der Waals surface area contributed by atoms with Crippen molar-refractivity contribution >= 4 is 40.4 Å². The Morgan fingerprint density at radius 2 is 1.95 bits per heavy atom. The van der Waals surface area contributed by atoms with Crippen LogP contribution in [0.25, 0.3) is 5.57 Å². The molecule has 5 heterocycles. The van der Waals surface area contributed by atoms with Gasteiger partial charge in [-0.05, 0) is 31.0 Å². The van der Waals surface area contributed by atoms with E-state index < -0.39 is 18.4 Å². The van der Waals surface area contributed by atoms with E-state index in [0.29, 0.717) is 52.7 Å². The van der Waals surface area contributed by atoms with Gasteiger partial charge in [0.15, 0.2) is 10.8 Å². The first kappa shape index (κ1) is 28.4. The molecule has 4 aliphatic rings. The third-order valence-electron chi connectivity index (χ3n) is 8.87. The Balaban J connectivity index is 1.26. The van der Waals surface area contributed by atoms with Crippen LogP contribution in [0.5, 0.6) is 0 Å². The van der Waals surface area contributed by atoms with Crippen LogP contribution < -0.4 is 5.32 Å². The number of carbonyl (C=O) groups excluding carboxylic acids is 1. The highest BCUT2D eigenvalue weighted by molar-refractivity contribution is 7.11. The van der Waals surface area contributed by atoms with E-state index in [1.54, 1.807) is 17.2 Å². The zero-order chi connectivity index (χ0) is 29.8. The number of nitrogens with zero attached hydrogens (tertiary/aromatic N) is 6. The first-order valence-electron chi connectivity index (χ1n) is 14.3. The van der Waals surface area contributed by atoms with Crippen molar-refractivity contribution in [2.75, 3.05) is 19.6 Å². The lowest BCUT2D eigenvalue weighted by molar-refractivity contribution is -0.0369. The van der Waals surface area contributed by atoms with E-state index >= 15 is 0 Å². The quantitative estimate of drug-likeness (QED) is 0.397. The number of alkyl halides is 2. The van der Waals surface area contributed by atoms with E-state index in [1.165, 1.54) is 35.7 Å². The van der Waals surface area contributed by atoms with Crippen LogP contribution in [0.1, 0.15) is 54.5 Å². The van der Waals surface area contributed by atoms with Gasteiger partial charge in [-0.1, -0.05) is 24.1 Å². The topological polar surface area (TPSA) is 98.9 Å². The minimum absolute atomic E-state index is 0.0808. The number of nitrogens with one attached hydrogen (secondary N) is 1. The van der Waals surface area contributed by atoms with E-state index in [1.807, 2.05) is 10.3 Å². The highest BCUT2D eigenvalue weighted by Crippen LogP contribution is 2.46. The normalized spacial score (nSPS) is 27.0. The fourth-order valence-corrected chi connectivity index (χ4v) is 7.80. The number of aliphatic hydroxyl groups is 1. The second-order valence-electron chi connectivity index (χ2n) is 11.5. The number of halogens is 4. The maximum Gasteiger partial charge on any atom is 0.333 e. The number of aromatic nitrogens is 3. The molecule has 1 aromatic carbocycles. The molecule has 0 unspecified atom stereocenters. The zero-order valence-corrected chi connectivity index (χ0v) is 24.5. The summed E-state index contributed by atoms with van der Waals surface area (Å²) in [7, 11) is 0. The molecule has 2 saturated heterocycles. The van der Waals surface area contributed by atoms with Crippen molar-refractivity contribution in [2.45, 2.75) is 50.4 Å². The molecule has 2 N–H and O–H groups in total. The molecule has 2 bridgehead atoms. The van der Waals surface area contributed by atoms with Gasteiger partial charge in [0, 0.05) is 77.5 Å². The van der Waals surface area contributed by atoms with Gasteiger partial charge < -0.3 is 20.2 Å². The predicted molar refractivity (Wildman–Crippen MR) is 155 cm³/mol. The Kier molecular flexibility index (Phi) is 7.42. The average Bonchev–Trinajstić information content (AvgIpc) is 3.73. The Bertz CT molecular complexity index is 1580. The molecule has 0 radical (unpaired) electrons. The molecule has 2 amide bonds. The van der Waals surface area contributed by atoms with Crippen molar-refractivity contribution in [3.8, 4) is 0 Å². The van der Waals surface area contributed by atoms with Crippen LogP contribution >= 0.6 is 22.9 Å². The summed E-state index contributed by atoms with van der Waals surface area (Å²) >= 11 is 7.93. The van der Waals surface area contributed by atoms with Gasteiger partial charge >= 0.3 is 12.6 Å². The average molecular weight is 632 g/mol. The van der Waals surface area contributed by atoms with Gasteiger partial charge in [0.05, 0.1) is 17.8 Å². The van der Waals surface area contributed by atoms with Crippen LogP contribution in [0.15, 0.2) is 52.7 Å². The summed E-state index contributed by atoms with van der Waals surface area (Å²) in [4.78, 5) is 26.8. The standard InChI is InChI=1S/C29H29ClF3N7O2S/c30-20-10-17(31)4-5-19(20)24-23(21-6-8-40(37-21)28(32)33)22-11-18(14-39(22)26(36-24)27-34-7-9-43-27)35-29(42)38-12-15-2-1-3-16(13-38)25(15)41/h4-10,15-16,18,24-25,28,41H,1-3,11-14H2,(H,35,42)/t15-,16+,18-,24-,25-/m0/s1. The van der Waals surface area contributed by atoms with Crippen molar-refractivity contribution in [3.05, 3.63) is 74.8 Å². The number of aliphatic imine (C=N–C) groups is 1. The summed E-state index contributed by atoms with van der Waals surface area (Å²) in [6.45, 7) is -1.43. The molecular formula is C29H29ClF3N7O2S. The number of urea groups is 1. The van der Waals surface area contributed by atoms with Crippen LogP contribution in [0.4, 0.5) is 18.0 Å². The number of amides is 2. The Morgan fingerprint density at radius 1 is 1.16 bits per heavy atom. The molecule has 3 fully saturated rings. The molecule has 9 nitrogen and oxygen atoms in total. The lowest BCUT2D eigenvalue weighted by Gasteiger charge is -2.45. The van der Waals surface area contributed by atoms with Crippen molar-refractivity contribution < 1.29 is 23.1 Å². The molecule has 0 spiro atoms. The molecule has 226 valence electrons. The number of likely N-dealkylation sites (tertiary alicyclic amines) is 1. The van der Waals surface area contributed by atoms with Crippen LogP contribution in [-0.2, 0) is 0 Å². The van der Waals surface area contributed by atoms with Crippen LogP contribution in [-0.4, -0.2) is 73.3 Å². The maximum absolute atomic E-state index is 14.1. The number of hydrogen-bond donors (Lipinski definition) is 2. The summed E-state index contributed by atoms with van der Waals surface area (Å²) in [5, 5.41) is 20.6. The number of fused-ring (bicyclic) bond motifs is 3. The third-order valence-corrected chi connectivity index (χ3v) is 9.96. The third kappa shape index (κ3) is 5.21. The van der Waals surface area contributed by atoms with Crippen LogP contribution in [0.3, 0.4) is 0 Å². The predicted octanol–water partition coefficient (Wildman–Crippen LogP) is 5.32. The largest absolute Gasteiger partial charge is 0.392 e. The molecule has 2 aromatic heterocycles. The monoisotopic (exact) mass is 631 g/mol. The lowest BCUT2D eigenvalue weighted by atomic mass is 9.75. The molecule has 1 aliphatic carbocycles. The first-order chi connectivity index (χ1) is 20.8. The first-order valence-corrected chi connectivity index (χ1v) is 15.5. The smallest absolute Gasteiger partial charge is 0.333 e. The highest BCUT2D eigenvalue weighted by atomic mass is 35.5. The van der Waals surface area contributed by atoms with Gasteiger partial charge in [-0.3, -0.25) is 4.99 Å². The number of hydrogen-bond acceptors (Lipinski definition) is 7. The van der Waals surface area contributed by atoms with Crippen molar-refractivity contribution in [1.29, 1.82) is 0 Å². The van der Waals surface area contributed by atoms with Gasteiger partial charge in [0.25, 0.3) is 0 Å². The van der Waals surface area contributed by atoms with Crippen molar-refractivity contribution in [2.24, 2.45) is 16.8 Å². The molecule has 1 saturated carbocycles. The number of aliphatic hydroxyl groups excluding tert-OH is 1. The summed E-state index contributed by atoms with van der Waals surface area (Å²) < 4.78 is 41.8. The summed E-state index contributed by atoms with van der Waals surface area (Å²) in [5.41, 5.74) is 2.09. The van der Waals surface area contributed by atoms with E-state index in [4.69, 9.17) is 16.6 Å². The number of rotatable bonds is 5. The Morgan fingerprint density at radius 3 is 2.63 bits per heavy atom. The summed E-state index contributed by atoms with van der Waals surface area (Å²) in [5.74, 6) is 0.207. The second-order valence-corrected chi connectivity index (χ2v) is 12.8. The number of carbonyl (C=O) groups is 1. The van der Waals surface area contributed by atoms with Gasteiger partial charge in [0.1, 0.15) is 11.9 Å². The van der Waals surface area contributed by atoms with Gasteiger partial charge in [-0.15, -0.1) is 11.3 Å². The highest BCUT2D eigenvalue weighted by Gasteiger charge is 2.43. The van der Waals surface area contributed by atoms with Gasteiger partial charge in [-0.2, -0.15) is 13.9 Å². The van der Waals surface area contributed by atoms with E-state index in [9.17, 15) is 23.1 Å². The molecule has 5 atom stereocenters. The lowest BCUT2D eigenvalue weighted by Crippen LogP contribution is -2.56. The summed E-state index contributed by atoms with van der Waals surface area (Å²) in [6.07, 6.45) is 5.76.